The van der Waals surface area contributed by atoms with Gasteiger partial charge >= 0.3 is 0 Å². The summed E-state index contributed by atoms with van der Waals surface area (Å²) in [4.78, 5) is 21.5. The molecule has 4 aromatic rings. The Bertz CT molecular complexity index is 1350. The molecule has 1 aliphatic rings. The first-order valence-corrected chi connectivity index (χ1v) is 12.9. The Morgan fingerprint density at radius 3 is 2.45 bits per heavy atom. The number of piperidine rings is 1. The van der Waals surface area contributed by atoms with E-state index in [1.165, 1.54) is 10.5 Å². The zero-order valence-electron chi connectivity index (χ0n) is 17.7. The molecule has 0 aliphatic carbocycles. The number of pyridine rings is 1. The summed E-state index contributed by atoms with van der Waals surface area (Å²) in [5.41, 5.74) is 2.70. The molecule has 9 heteroatoms. The summed E-state index contributed by atoms with van der Waals surface area (Å²) in [7, 11) is -3.58. The largest absolute Gasteiger partial charge is 0.326 e. The number of hydrogen-bond donors (Lipinski definition) is 1. The van der Waals surface area contributed by atoms with Crippen LogP contribution in [0.3, 0.4) is 0 Å². The Kier molecular flexibility index (Phi) is 5.92. The molecule has 0 spiro atoms. The highest BCUT2D eigenvalue weighted by Gasteiger charge is 2.32. The van der Waals surface area contributed by atoms with E-state index in [-0.39, 0.29) is 16.7 Å². The number of amides is 1. The second-order valence-corrected chi connectivity index (χ2v) is 10.9. The molecule has 1 N–H and O–H groups in total. The number of nitrogens with one attached hydrogen (secondary N) is 1. The number of nitrogens with zero attached hydrogens (tertiary/aromatic N) is 3. The van der Waals surface area contributed by atoms with Crippen molar-refractivity contribution in [2.75, 3.05) is 18.4 Å². The highest BCUT2D eigenvalue weighted by molar-refractivity contribution is 7.89. The first-order valence-electron chi connectivity index (χ1n) is 10.7. The van der Waals surface area contributed by atoms with Crippen molar-refractivity contribution in [3.8, 4) is 10.6 Å². The number of carbonyl (C=O) groups is 1. The molecular weight excluding hydrogens is 456 g/mol. The third-order valence-corrected chi connectivity index (χ3v) is 8.76. The third-order valence-electron chi connectivity index (χ3n) is 5.79. The van der Waals surface area contributed by atoms with Gasteiger partial charge in [0.15, 0.2) is 0 Å². The summed E-state index contributed by atoms with van der Waals surface area (Å²) < 4.78 is 28.1. The average molecular weight is 479 g/mol. The van der Waals surface area contributed by atoms with Gasteiger partial charge in [-0.2, -0.15) is 4.31 Å². The van der Waals surface area contributed by atoms with Crippen molar-refractivity contribution in [1.29, 1.82) is 0 Å². The molecule has 1 fully saturated rings. The Balaban J connectivity index is 1.20. The van der Waals surface area contributed by atoms with Crippen LogP contribution in [0.25, 0.3) is 20.8 Å². The molecule has 0 saturated carbocycles. The molecule has 0 unspecified atom stereocenters. The standard InChI is InChI=1S/C24H22N4O3S2/c29-23(17-11-14-28(15-12-17)33(30,31)20-4-3-13-25-16-20)26-19-9-7-18(8-10-19)24-27-21-5-1-2-6-22(21)32-24/h1-10,13,16-17H,11-12,14-15H2,(H,26,29). The first-order chi connectivity index (χ1) is 16.0. The first kappa shape index (κ1) is 21.7. The molecule has 33 heavy (non-hydrogen) atoms. The zero-order chi connectivity index (χ0) is 22.8. The van der Waals surface area contributed by atoms with E-state index in [0.29, 0.717) is 25.9 Å². The molecule has 2 aromatic carbocycles. The van der Waals surface area contributed by atoms with Crippen LogP contribution in [0.1, 0.15) is 12.8 Å². The second kappa shape index (κ2) is 9.01. The molecule has 2 aromatic heterocycles. The summed E-state index contributed by atoms with van der Waals surface area (Å²) in [6.45, 7) is 0.623. The number of hydrogen-bond acceptors (Lipinski definition) is 6. The van der Waals surface area contributed by atoms with Gasteiger partial charge in [-0.15, -0.1) is 11.3 Å². The van der Waals surface area contributed by atoms with Gasteiger partial charge in [0.25, 0.3) is 0 Å². The van der Waals surface area contributed by atoms with Crippen molar-refractivity contribution in [1.82, 2.24) is 14.3 Å². The predicted molar refractivity (Wildman–Crippen MR) is 129 cm³/mol. The maximum absolute atomic E-state index is 12.8. The Morgan fingerprint density at radius 1 is 1.00 bits per heavy atom. The molecular formula is C24H22N4O3S2. The second-order valence-electron chi connectivity index (χ2n) is 7.92. The molecule has 1 aliphatic heterocycles. The molecule has 3 heterocycles. The van der Waals surface area contributed by atoms with Crippen LogP contribution in [0, 0.1) is 5.92 Å². The van der Waals surface area contributed by atoms with Gasteiger partial charge in [-0.05, 0) is 61.4 Å². The van der Waals surface area contributed by atoms with Crippen LogP contribution in [0.15, 0.2) is 78.0 Å². The molecule has 7 nitrogen and oxygen atoms in total. The Morgan fingerprint density at radius 2 is 1.76 bits per heavy atom. The Labute approximate surface area is 196 Å². The van der Waals surface area contributed by atoms with Gasteiger partial charge in [0.1, 0.15) is 9.90 Å². The van der Waals surface area contributed by atoms with Crippen LogP contribution in [0.5, 0.6) is 0 Å². The SMILES string of the molecule is O=C(Nc1ccc(-c2nc3ccccc3s2)cc1)C1CCN(S(=O)(=O)c2cccnc2)CC1. The number of fused-ring (bicyclic) bond motifs is 1. The van der Waals surface area contributed by atoms with E-state index in [0.717, 1.165) is 26.5 Å². The van der Waals surface area contributed by atoms with Gasteiger partial charge in [-0.3, -0.25) is 9.78 Å². The van der Waals surface area contributed by atoms with E-state index in [9.17, 15) is 13.2 Å². The lowest BCUT2D eigenvalue weighted by atomic mass is 9.97. The van der Waals surface area contributed by atoms with Crippen LogP contribution in [0.4, 0.5) is 5.69 Å². The lowest BCUT2D eigenvalue weighted by molar-refractivity contribution is -0.120. The molecule has 168 valence electrons. The maximum atomic E-state index is 12.8. The van der Waals surface area contributed by atoms with E-state index in [4.69, 9.17) is 0 Å². The van der Waals surface area contributed by atoms with Crippen molar-refractivity contribution in [2.24, 2.45) is 5.92 Å². The van der Waals surface area contributed by atoms with Gasteiger partial charge in [0.2, 0.25) is 15.9 Å². The number of rotatable bonds is 5. The van der Waals surface area contributed by atoms with Crippen LogP contribution < -0.4 is 5.32 Å². The summed E-state index contributed by atoms with van der Waals surface area (Å²) >= 11 is 1.64. The summed E-state index contributed by atoms with van der Waals surface area (Å²) in [5, 5.41) is 3.91. The maximum Gasteiger partial charge on any atom is 0.244 e. The van der Waals surface area contributed by atoms with Crippen LogP contribution >= 0.6 is 11.3 Å². The van der Waals surface area contributed by atoms with Gasteiger partial charge in [0, 0.05) is 42.7 Å². The minimum Gasteiger partial charge on any atom is -0.326 e. The van der Waals surface area contributed by atoms with E-state index >= 15 is 0 Å². The van der Waals surface area contributed by atoms with E-state index < -0.39 is 10.0 Å². The molecule has 0 bridgehead atoms. The Hall–Kier alpha value is -3.14. The van der Waals surface area contributed by atoms with Crippen LogP contribution in [-0.4, -0.2) is 41.7 Å². The molecule has 0 radical (unpaired) electrons. The fourth-order valence-corrected chi connectivity index (χ4v) is 6.35. The van der Waals surface area contributed by atoms with Crippen molar-refractivity contribution in [3.05, 3.63) is 73.1 Å². The molecule has 1 saturated heterocycles. The predicted octanol–water partition coefficient (Wildman–Crippen LogP) is 4.40. The van der Waals surface area contributed by atoms with Crippen molar-refractivity contribution in [2.45, 2.75) is 17.7 Å². The van der Waals surface area contributed by atoms with Gasteiger partial charge < -0.3 is 5.32 Å². The number of aromatic nitrogens is 2. The molecule has 1 amide bonds. The minimum absolute atomic E-state index is 0.0823. The fourth-order valence-electron chi connectivity index (χ4n) is 3.94. The van der Waals surface area contributed by atoms with Crippen molar-refractivity contribution < 1.29 is 13.2 Å². The van der Waals surface area contributed by atoms with Crippen molar-refractivity contribution in [3.63, 3.8) is 0 Å². The van der Waals surface area contributed by atoms with Crippen LogP contribution in [0.2, 0.25) is 0 Å². The number of benzene rings is 2. The topological polar surface area (TPSA) is 92.3 Å². The normalized spacial score (nSPS) is 15.5. The summed E-state index contributed by atoms with van der Waals surface area (Å²) in [6.07, 6.45) is 3.86. The van der Waals surface area contributed by atoms with E-state index in [1.807, 2.05) is 42.5 Å². The smallest absolute Gasteiger partial charge is 0.244 e. The molecule has 0 atom stereocenters. The van der Waals surface area contributed by atoms with Crippen molar-refractivity contribution >= 4 is 43.2 Å². The number of thiazole rings is 1. The van der Waals surface area contributed by atoms with Crippen LogP contribution in [-0.2, 0) is 14.8 Å². The molecule has 5 rings (SSSR count). The highest BCUT2D eigenvalue weighted by atomic mass is 32.2. The lowest BCUT2D eigenvalue weighted by Crippen LogP contribution is -2.41. The zero-order valence-corrected chi connectivity index (χ0v) is 19.3. The number of para-hydroxylation sites is 1. The summed E-state index contributed by atoms with van der Waals surface area (Å²) in [6, 6.07) is 18.8. The highest BCUT2D eigenvalue weighted by Crippen LogP contribution is 2.31. The summed E-state index contributed by atoms with van der Waals surface area (Å²) in [5.74, 6) is -0.310. The van der Waals surface area contributed by atoms with E-state index in [1.54, 1.807) is 29.7 Å². The van der Waals surface area contributed by atoms with Gasteiger partial charge in [-0.1, -0.05) is 12.1 Å². The average Bonchev–Trinajstić information content (AvgIpc) is 3.29. The third kappa shape index (κ3) is 4.52. The quantitative estimate of drug-likeness (QED) is 0.459. The fraction of sp³-hybridized carbons (Fsp3) is 0.208. The minimum atomic E-state index is -3.58. The number of sulfonamides is 1. The van der Waals surface area contributed by atoms with Gasteiger partial charge in [0.05, 0.1) is 10.2 Å². The monoisotopic (exact) mass is 478 g/mol. The lowest BCUT2D eigenvalue weighted by Gasteiger charge is -2.30. The number of carbonyl (C=O) groups excluding carboxylic acids is 1. The van der Waals surface area contributed by atoms with E-state index in [2.05, 4.69) is 21.4 Å². The number of anilines is 1. The van der Waals surface area contributed by atoms with Gasteiger partial charge in [-0.25, -0.2) is 13.4 Å².